The summed E-state index contributed by atoms with van der Waals surface area (Å²) in [6, 6.07) is 0. The van der Waals surface area contributed by atoms with Crippen molar-refractivity contribution in [2.75, 3.05) is 25.0 Å². The molecule has 1 aromatic rings. The van der Waals surface area contributed by atoms with Crippen molar-refractivity contribution < 1.29 is 9.53 Å². The Morgan fingerprint density at radius 3 is 2.55 bits per heavy atom. The lowest BCUT2D eigenvalue weighted by Crippen LogP contribution is -2.59. The van der Waals surface area contributed by atoms with Crippen molar-refractivity contribution >= 4 is 11.9 Å². The predicted octanol–water partition coefficient (Wildman–Crippen LogP) is 0.313. The summed E-state index contributed by atoms with van der Waals surface area (Å²) in [5.41, 5.74) is 1.50. The van der Waals surface area contributed by atoms with Crippen LogP contribution in [0.25, 0.3) is 0 Å². The highest BCUT2D eigenvalue weighted by molar-refractivity contribution is 5.89. The highest BCUT2D eigenvalue weighted by Gasteiger charge is 2.33. The normalized spacial score (nSPS) is 16.6. The second-order valence-electron chi connectivity index (χ2n) is 5.13. The van der Waals surface area contributed by atoms with Gasteiger partial charge in [0.25, 0.3) is 5.91 Å². The van der Waals surface area contributed by atoms with E-state index in [9.17, 15) is 4.79 Å². The summed E-state index contributed by atoms with van der Waals surface area (Å²) in [4.78, 5) is 16.1. The van der Waals surface area contributed by atoms with E-state index >= 15 is 0 Å². The summed E-state index contributed by atoms with van der Waals surface area (Å²) in [7, 11) is 0. The molecular formula is C13H21N5O2. The van der Waals surface area contributed by atoms with Crippen molar-refractivity contribution in [1.29, 1.82) is 0 Å². The Labute approximate surface area is 118 Å². The molecule has 7 nitrogen and oxygen atoms in total. The zero-order valence-corrected chi connectivity index (χ0v) is 12.2. The van der Waals surface area contributed by atoms with Crippen LogP contribution in [0.3, 0.4) is 0 Å². The first-order chi connectivity index (χ1) is 9.56. The molecule has 2 N–H and O–H groups in total. The van der Waals surface area contributed by atoms with Crippen LogP contribution in [-0.4, -0.2) is 46.4 Å². The highest BCUT2D eigenvalue weighted by Crippen LogP contribution is 2.15. The van der Waals surface area contributed by atoms with Gasteiger partial charge in [0.1, 0.15) is 6.61 Å². The lowest BCUT2D eigenvalue weighted by atomic mass is 10.0. The average Bonchev–Trinajstić information content (AvgIpc) is 2.43. The zero-order chi connectivity index (χ0) is 14.6. The molecule has 2 heterocycles. The Hall–Kier alpha value is -1.60. The maximum atomic E-state index is 11.8. The van der Waals surface area contributed by atoms with Gasteiger partial charge in [-0.25, -0.2) is 4.98 Å². The second-order valence-corrected chi connectivity index (χ2v) is 5.13. The summed E-state index contributed by atoms with van der Waals surface area (Å²) in [6.07, 6.45) is 1.55. The minimum absolute atomic E-state index is 0.00146. The summed E-state index contributed by atoms with van der Waals surface area (Å²) < 4.78 is 5.55. The number of nitrogens with zero attached hydrogens (tertiary/aromatic N) is 3. The molecule has 1 aliphatic rings. The van der Waals surface area contributed by atoms with Crippen LogP contribution < -0.4 is 10.6 Å². The Morgan fingerprint density at radius 1 is 1.30 bits per heavy atom. The van der Waals surface area contributed by atoms with Gasteiger partial charge < -0.3 is 10.1 Å². The van der Waals surface area contributed by atoms with Gasteiger partial charge in [-0.1, -0.05) is 13.8 Å². The molecule has 0 spiro atoms. The van der Waals surface area contributed by atoms with Crippen molar-refractivity contribution in [2.45, 2.75) is 39.2 Å². The van der Waals surface area contributed by atoms with Crippen LogP contribution in [0.4, 0.5) is 5.95 Å². The van der Waals surface area contributed by atoms with E-state index in [4.69, 9.17) is 4.74 Å². The van der Waals surface area contributed by atoms with Gasteiger partial charge >= 0.3 is 0 Å². The van der Waals surface area contributed by atoms with Crippen LogP contribution in [0.15, 0.2) is 0 Å². The number of ether oxygens (including phenoxy) is 1. The third-order valence-corrected chi connectivity index (χ3v) is 3.31. The summed E-state index contributed by atoms with van der Waals surface area (Å²) >= 11 is 0. The molecule has 20 heavy (non-hydrogen) atoms. The van der Waals surface area contributed by atoms with E-state index in [1.54, 1.807) is 0 Å². The molecule has 0 aliphatic carbocycles. The number of aromatic nitrogens is 3. The lowest BCUT2D eigenvalue weighted by molar-refractivity contribution is -0.130. The molecule has 0 bridgehead atoms. The first-order valence-corrected chi connectivity index (χ1v) is 6.93. The summed E-state index contributed by atoms with van der Waals surface area (Å²) in [5, 5.41) is 13.7. The number of amides is 1. The van der Waals surface area contributed by atoms with Gasteiger partial charge in [0.15, 0.2) is 0 Å². The Bertz CT molecular complexity index is 488. The molecule has 1 aliphatic heterocycles. The maximum absolute atomic E-state index is 11.8. The molecule has 0 radical (unpaired) electrons. The van der Waals surface area contributed by atoms with E-state index in [1.165, 1.54) is 0 Å². The van der Waals surface area contributed by atoms with Crippen LogP contribution in [0.1, 0.15) is 32.2 Å². The topological polar surface area (TPSA) is 89.0 Å². The van der Waals surface area contributed by atoms with E-state index in [2.05, 4.69) is 25.8 Å². The molecule has 0 aromatic carbocycles. The molecule has 110 valence electrons. The minimum atomic E-state index is -0.258. The van der Waals surface area contributed by atoms with E-state index < -0.39 is 0 Å². The minimum Gasteiger partial charge on any atom is -0.363 e. The van der Waals surface area contributed by atoms with E-state index in [0.717, 1.165) is 37.3 Å². The number of anilines is 1. The quantitative estimate of drug-likeness (QED) is 0.779. The van der Waals surface area contributed by atoms with Gasteiger partial charge in [0, 0.05) is 13.1 Å². The third-order valence-electron chi connectivity index (χ3n) is 3.31. The molecule has 1 fully saturated rings. The molecule has 7 heteroatoms. The highest BCUT2D eigenvalue weighted by atomic mass is 16.5. The van der Waals surface area contributed by atoms with Crippen LogP contribution in [0.2, 0.25) is 0 Å². The van der Waals surface area contributed by atoms with Crippen molar-refractivity contribution in [3.8, 4) is 0 Å². The van der Waals surface area contributed by atoms with Gasteiger partial charge in [-0.15, -0.1) is 10.2 Å². The number of aryl methyl sites for hydroxylation is 2. The summed E-state index contributed by atoms with van der Waals surface area (Å²) in [5.74, 6) is -0.0178. The van der Waals surface area contributed by atoms with Crippen molar-refractivity contribution in [1.82, 2.24) is 20.5 Å². The van der Waals surface area contributed by atoms with Crippen LogP contribution in [0, 0.1) is 0 Å². The maximum Gasteiger partial charge on any atom is 0.252 e. The SMILES string of the molecule is CCc1nnc(NC(=O)COC2(C)CNC2)nc1CC. The largest absolute Gasteiger partial charge is 0.363 e. The van der Waals surface area contributed by atoms with Crippen LogP contribution in [0.5, 0.6) is 0 Å². The molecule has 0 unspecified atom stereocenters. The Kier molecular flexibility index (Phi) is 4.61. The zero-order valence-electron chi connectivity index (χ0n) is 12.2. The average molecular weight is 279 g/mol. The fourth-order valence-corrected chi connectivity index (χ4v) is 1.97. The number of nitrogens with one attached hydrogen (secondary N) is 2. The number of hydrogen-bond acceptors (Lipinski definition) is 6. The number of rotatable bonds is 6. The molecular weight excluding hydrogens is 258 g/mol. The van der Waals surface area contributed by atoms with Gasteiger partial charge in [-0.3, -0.25) is 10.1 Å². The smallest absolute Gasteiger partial charge is 0.252 e. The first-order valence-electron chi connectivity index (χ1n) is 6.93. The van der Waals surface area contributed by atoms with E-state index in [1.807, 2.05) is 20.8 Å². The molecule has 2 rings (SSSR count). The molecule has 1 saturated heterocycles. The Morgan fingerprint density at radius 2 is 2.00 bits per heavy atom. The van der Waals surface area contributed by atoms with Crippen molar-refractivity contribution in [3.63, 3.8) is 0 Å². The summed E-state index contributed by atoms with van der Waals surface area (Å²) in [6.45, 7) is 7.51. The first kappa shape index (κ1) is 14.8. The van der Waals surface area contributed by atoms with E-state index in [-0.39, 0.29) is 24.1 Å². The van der Waals surface area contributed by atoms with Crippen molar-refractivity contribution in [2.24, 2.45) is 0 Å². The fourth-order valence-electron chi connectivity index (χ4n) is 1.97. The molecule has 0 saturated carbocycles. The fraction of sp³-hybridized carbons (Fsp3) is 0.692. The van der Waals surface area contributed by atoms with Gasteiger partial charge in [-0.2, -0.15) is 0 Å². The van der Waals surface area contributed by atoms with Crippen LogP contribution in [-0.2, 0) is 22.4 Å². The number of carbonyl (C=O) groups is 1. The lowest BCUT2D eigenvalue weighted by Gasteiger charge is -2.38. The Balaban J connectivity index is 1.90. The third kappa shape index (κ3) is 3.49. The standard InChI is InChI=1S/C13H21N5O2/c1-4-9-10(5-2)17-18-12(15-9)16-11(19)6-20-13(3)7-14-8-13/h14H,4-8H2,1-3H3,(H,15,16,18,19). The monoisotopic (exact) mass is 279 g/mol. The van der Waals surface area contributed by atoms with Gasteiger partial charge in [0.05, 0.1) is 17.0 Å². The second kappa shape index (κ2) is 6.23. The van der Waals surface area contributed by atoms with Crippen LogP contribution >= 0.6 is 0 Å². The van der Waals surface area contributed by atoms with Gasteiger partial charge in [-0.05, 0) is 19.8 Å². The molecule has 0 atom stereocenters. The number of carbonyl (C=O) groups excluding carboxylic acids is 1. The van der Waals surface area contributed by atoms with E-state index in [0.29, 0.717) is 0 Å². The van der Waals surface area contributed by atoms with Crippen molar-refractivity contribution in [3.05, 3.63) is 11.4 Å². The molecule has 1 amide bonds. The predicted molar refractivity (Wildman–Crippen MR) is 74.4 cm³/mol. The van der Waals surface area contributed by atoms with Gasteiger partial charge in [0.2, 0.25) is 5.95 Å². The molecule has 1 aromatic heterocycles. The number of hydrogen-bond donors (Lipinski definition) is 2.